The van der Waals surface area contributed by atoms with Gasteiger partial charge in [0, 0.05) is 11.4 Å². The van der Waals surface area contributed by atoms with Crippen molar-refractivity contribution in [2.75, 3.05) is 6.54 Å². The molecular formula is C15H22N2O2S. The van der Waals surface area contributed by atoms with E-state index in [1.165, 1.54) is 16.9 Å². The number of fused-ring (bicyclic) bond motifs is 1. The van der Waals surface area contributed by atoms with E-state index < -0.39 is 6.04 Å². The zero-order chi connectivity index (χ0) is 14.7. The summed E-state index contributed by atoms with van der Waals surface area (Å²) in [5, 5.41) is 5.47. The summed E-state index contributed by atoms with van der Waals surface area (Å²) in [6, 6.07) is 1.50. The number of likely N-dealkylation sites (N-methyl/N-ethyl adjacent to an activating group) is 1. The summed E-state index contributed by atoms with van der Waals surface area (Å²) in [6.07, 6.45) is 3.33. The Balaban J connectivity index is 2.01. The lowest BCUT2D eigenvalue weighted by Gasteiger charge is -2.16. The Hall–Kier alpha value is -1.36. The fraction of sp³-hybridized carbons (Fsp3) is 0.600. The van der Waals surface area contributed by atoms with Crippen LogP contribution in [-0.4, -0.2) is 24.4 Å². The van der Waals surface area contributed by atoms with Gasteiger partial charge in [-0.15, -0.1) is 11.3 Å². The summed E-state index contributed by atoms with van der Waals surface area (Å²) in [4.78, 5) is 25.9. The third-order valence-corrected chi connectivity index (χ3v) is 4.88. The summed E-state index contributed by atoms with van der Waals surface area (Å²) in [7, 11) is 0. The van der Waals surface area contributed by atoms with Crippen LogP contribution in [0.2, 0.25) is 0 Å². The van der Waals surface area contributed by atoms with Gasteiger partial charge >= 0.3 is 0 Å². The molecule has 0 aromatic carbocycles. The lowest BCUT2D eigenvalue weighted by Crippen LogP contribution is -2.44. The van der Waals surface area contributed by atoms with Crippen LogP contribution in [0.15, 0.2) is 6.07 Å². The van der Waals surface area contributed by atoms with E-state index in [2.05, 4.69) is 17.6 Å². The second kappa shape index (κ2) is 6.39. The Kier molecular flexibility index (Phi) is 4.81. The van der Waals surface area contributed by atoms with E-state index in [0.29, 0.717) is 12.5 Å². The van der Waals surface area contributed by atoms with Crippen LogP contribution in [-0.2, 0) is 17.6 Å². The van der Waals surface area contributed by atoms with Crippen LogP contribution in [0, 0.1) is 5.92 Å². The molecule has 1 heterocycles. The maximum absolute atomic E-state index is 12.2. The molecule has 1 aromatic heterocycles. The molecule has 2 N–H and O–H groups in total. The molecule has 0 spiro atoms. The van der Waals surface area contributed by atoms with Gasteiger partial charge in [0.1, 0.15) is 6.04 Å². The fourth-order valence-corrected chi connectivity index (χ4v) is 3.59. The van der Waals surface area contributed by atoms with Gasteiger partial charge in [-0.05, 0) is 50.7 Å². The van der Waals surface area contributed by atoms with E-state index in [1.807, 2.05) is 13.0 Å². The van der Waals surface area contributed by atoms with E-state index in [-0.39, 0.29) is 11.8 Å². The topological polar surface area (TPSA) is 58.2 Å². The number of rotatable bonds is 4. The van der Waals surface area contributed by atoms with E-state index in [4.69, 9.17) is 0 Å². The second-order valence-corrected chi connectivity index (χ2v) is 6.63. The molecule has 0 fully saturated rings. The minimum absolute atomic E-state index is 0.143. The minimum Gasteiger partial charge on any atom is -0.355 e. The lowest BCUT2D eigenvalue weighted by atomic mass is 9.90. The molecule has 4 nitrogen and oxygen atoms in total. The molecule has 2 amide bonds. The highest BCUT2D eigenvalue weighted by atomic mass is 32.1. The van der Waals surface area contributed by atoms with Gasteiger partial charge in [-0.3, -0.25) is 9.59 Å². The Morgan fingerprint density at radius 1 is 1.50 bits per heavy atom. The zero-order valence-electron chi connectivity index (χ0n) is 12.3. The van der Waals surface area contributed by atoms with Gasteiger partial charge in [0.25, 0.3) is 5.91 Å². The van der Waals surface area contributed by atoms with Gasteiger partial charge in [0.2, 0.25) is 5.91 Å². The van der Waals surface area contributed by atoms with Crippen LogP contribution < -0.4 is 10.6 Å². The van der Waals surface area contributed by atoms with Crippen LogP contribution in [0.3, 0.4) is 0 Å². The number of hydrogen-bond acceptors (Lipinski definition) is 3. The summed E-state index contributed by atoms with van der Waals surface area (Å²) in [6.45, 7) is 6.39. The van der Waals surface area contributed by atoms with Crippen molar-refractivity contribution >= 4 is 23.2 Å². The zero-order valence-corrected chi connectivity index (χ0v) is 13.1. The van der Waals surface area contributed by atoms with Crippen molar-refractivity contribution in [3.05, 3.63) is 21.4 Å². The van der Waals surface area contributed by atoms with Crippen molar-refractivity contribution in [3.8, 4) is 0 Å². The summed E-state index contributed by atoms with van der Waals surface area (Å²) < 4.78 is 0. The van der Waals surface area contributed by atoms with E-state index in [0.717, 1.165) is 17.7 Å². The third kappa shape index (κ3) is 3.39. The molecule has 1 aliphatic rings. The molecule has 2 rings (SSSR count). The first-order valence-electron chi connectivity index (χ1n) is 7.21. The molecule has 1 aromatic rings. The van der Waals surface area contributed by atoms with Crippen LogP contribution in [0.5, 0.6) is 0 Å². The highest BCUT2D eigenvalue weighted by molar-refractivity contribution is 7.14. The molecule has 1 aliphatic carbocycles. The van der Waals surface area contributed by atoms with E-state index in [9.17, 15) is 9.59 Å². The minimum atomic E-state index is -0.500. The number of hydrogen-bond donors (Lipinski definition) is 2. The van der Waals surface area contributed by atoms with Crippen LogP contribution >= 0.6 is 11.3 Å². The maximum Gasteiger partial charge on any atom is 0.262 e. The third-order valence-electron chi connectivity index (χ3n) is 3.64. The number of aryl methyl sites for hydroxylation is 1. The normalized spacial score (nSPS) is 19.1. The molecule has 0 saturated heterocycles. The number of amides is 2. The molecule has 20 heavy (non-hydrogen) atoms. The van der Waals surface area contributed by atoms with Gasteiger partial charge in [0.05, 0.1) is 4.88 Å². The number of carbonyl (C=O) groups is 2. The first kappa shape index (κ1) is 15.0. The molecule has 0 radical (unpaired) electrons. The Morgan fingerprint density at radius 3 is 2.95 bits per heavy atom. The van der Waals surface area contributed by atoms with Crippen LogP contribution in [0.25, 0.3) is 0 Å². The average molecular weight is 294 g/mol. The molecule has 0 aliphatic heterocycles. The average Bonchev–Trinajstić information content (AvgIpc) is 2.81. The van der Waals surface area contributed by atoms with E-state index in [1.54, 1.807) is 18.3 Å². The van der Waals surface area contributed by atoms with Gasteiger partial charge < -0.3 is 10.6 Å². The standard InChI is InChI=1S/C15H22N2O2S/c1-4-16-14(18)10(3)17-15(19)13-8-11-7-9(2)5-6-12(11)20-13/h8-10H,4-7H2,1-3H3,(H,16,18)(H,17,19). The maximum atomic E-state index is 12.2. The van der Waals surface area contributed by atoms with Gasteiger partial charge in [-0.25, -0.2) is 0 Å². The van der Waals surface area contributed by atoms with Crippen LogP contribution in [0.4, 0.5) is 0 Å². The SMILES string of the molecule is CCNC(=O)C(C)NC(=O)c1cc2c(s1)CCC(C)C2. The smallest absolute Gasteiger partial charge is 0.262 e. The van der Waals surface area contributed by atoms with Crippen molar-refractivity contribution in [2.45, 2.75) is 46.1 Å². The molecule has 0 bridgehead atoms. The number of nitrogens with one attached hydrogen (secondary N) is 2. The molecule has 2 atom stereocenters. The van der Waals surface area contributed by atoms with Gasteiger partial charge in [-0.1, -0.05) is 6.92 Å². The van der Waals surface area contributed by atoms with Crippen molar-refractivity contribution < 1.29 is 9.59 Å². The molecule has 0 saturated carbocycles. The highest BCUT2D eigenvalue weighted by Gasteiger charge is 2.22. The predicted molar refractivity (Wildman–Crippen MR) is 81.1 cm³/mol. The van der Waals surface area contributed by atoms with Crippen molar-refractivity contribution in [1.82, 2.24) is 10.6 Å². The Bertz CT molecular complexity index is 510. The molecule has 5 heteroatoms. The number of thiophene rings is 1. The Labute approximate surface area is 124 Å². The van der Waals surface area contributed by atoms with Crippen molar-refractivity contribution in [3.63, 3.8) is 0 Å². The monoisotopic (exact) mass is 294 g/mol. The largest absolute Gasteiger partial charge is 0.355 e. The summed E-state index contributed by atoms with van der Waals surface area (Å²) in [5.41, 5.74) is 1.31. The van der Waals surface area contributed by atoms with Crippen molar-refractivity contribution in [1.29, 1.82) is 0 Å². The summed E-state index contributed by atoms with van der Waals surface area (Å²) in [5.74, 6) is 0.411. The second-order valence-electron chi connectivity index (χ2n) is 5.50. The van der Waals surface area contributed by atoms with Gasteiger partial charge in [0.15, 0.2) is 0 Å². The first-order valence-corrected chi connectivity index (χ1v) is 8.03. The first-order chi connectivity index (χ1) is 9.51. The number of carbonyl (C=O) groups excluding carboxylic acids is 2. The van der Waals surface area contributed by atoms with E-state index >= 15 is 0 Å². The van der Waals surface area contributed by atoms with Crippen molar-refractivity contribution in [2.24, 2.45) is 5.92 Å². The fourth-order valence-electron chi connectivity index (χ4n) is 2.48. The van der Waals surface area contributed by atoms with Crippen LogP contribution in [0.1, 0.15) is 47.3 Å². The summed E-state index contributed by atoms with van der Waals surface area (Å²) >= 11 is 1.57. The van der Waals surface area contributed by atoms with Gasteiger partial charge in [-0.2, -0.15) is 0 Å². The molecule has 2 unspecified atom stereocenters. The molecular weight excluding hydrogens is 272 g/mol. The highest BCUT2D eigenvalue weighted by Crippen LogP contribution is 2.32. The molecule has 110 valence electrons. The lowest BCUT2D eigenvalue weighted by molar-refractivity contribution is -0.122. The Morgan fingerprint density at radius 2 is 2.25 bits per heavy atom. The quantitative estimate of drug-likeness (QED) is 0.893. The predicted octanol–water partition coefficient (Wildman–Crippen LogP) is 2.13.